The van der Waals surface area contributed by atoms with Crippen molar-refractivity contribution in [1.29, 1.82) is 0 Å². The van der Waals surface area contributed by atoms with E-state index in [0.29, 0.717) is 13.2 Å². The van der Waals surface area contributed by atoms with Crippen LogP contribution in [0.3, 0.4) is 0 Å². The molecule has 1 aromatic carbocycles. The van der Waals surface area contributed by atoms with Crippen LogP contribution in [0.2, 0.25) is 0 Å². The van der Waals surface area contributed by atoms with Crippen LogP contribution in [-0.2, 0) is 15.9 Å². The van der Waals surface area contributed by atoms with Crippen molar-refractivity contribution >= 4 is 33.6 Å². The van der Waals surface area contributed by atoms with Crippen LogP contribution < -0.4 is 9.80 Å². The molecule has 2 fully saturated rings. The normalized spacial score (nSPS) is 16.7. The lowest BCUT2D eigenvalue weighted by molar-refractivity contribution is -0.169. The van der Waals surface area contributed by atoms with Crippen LogP contribution in [0.1, 0.15) is 39.3 Å². The summed E-state index contributed by atoms with van der Waals surface area (Å²) in [5.74, 6) is 0.381. The van der Waals surface area contributed by atoms with Gasteiger partial charge in [0.25, 0.3) is 0 Å². The van der Waals surface area contributed by atoms with E-state index >= 15 is 0 Å². The van der Waals surface area contributed by atoms with Crippen molar-refractivity contribution in [3.63, 3.8) is 0 Å². The maximum absolute atomic E-state index is 13.3. The summed E-state index contributed by atoms with van der Waals surface area (Å²) in [6.45, 7) is 9.28. The first-order valence-electron chi connectivity index (χ1n) is 13.0. The molecule has 7 nitrogen and oxygen atoms in total. The number of rotatable bonds is 5. The van der Waals surface area contributed by atoms with Crippen molar-refractivity contribution < 1.29 is 13.9 Å². The predicted molar refractivity (Wildman–Crippen MR) is 148 cm³/mol. The summed E-state index contributed by atoms with van der Waals surface area (Å²) in [4.78, 5) is 14.2. The highest BCUT2D eigenvalue weighted by molar-refractivity contribution is 7.14. The van der Waals surface area contributed by atoms with Crippen LogP contribution in [0.4, 0.5) is 21.0 Å². The van der Waals surface area contributed by atoms with Gasteiger partial charge in [-0.25, -0.2) is 14.4 Å². The summed E-state index contributed by atoms with van der Waals surface area (Å²) in [6, 6.07) is 10.7. The molecule has 0 atom stereocenters. The molecule has 37 heavy (non-hydrogen) atoms. The Labute approximate surface area is 221 Å². The van der Waals surface area contributed by atoms with Gasteiger partial charge in [-0.1, -0.05) is 20.8 Å². The molecule has 3 aromatic heterocycles. The number of thiazole rings is 1. The number of aromatic nitrogens is 3. The quantitative estimate of drug-likeness (QED) is 0.306. The van der Waals surface area contributed by atoms with Gasteiger partial charge in [-0.15, -0.1) is 11.3 Å². The molecule has 0 aliphatic carbocycles. The van der Waals surface area contributed by atoms with Gasteiger partial charge in [-0.2, -0.15) is 0 Å². The molecule has 2 aliphatic rings. The predicted octanol–water partition coefficient (Wildman–Crippen LogP) is 6.30. The SMILES string of the molecule is CC.CCc1nc2ccc(N3CCC4(CC3)OCCO4)cn2c1N(C)c1nc(-c2ccc(F)cc2)cs1. The van der Waals surface area contributed by atoms with E-state index in [1.54, 1.807) is 23.5 Å². The zero-order valence-corrected chi connectivity index (χ0v) is 22.7. The summed E-state index contributed by atoms with van der Waals surface area (Å²) in [5.41, 5.74) is 4.83. The van der Waals surface area contributed by atoms with Crippen LogP contribution in [0.25, 0.3) is 16.9 Å². The lowest BCUT2D eigenvalue weighted by Gasteiger charge is -2.38. The van der Waals surface area contributed by atoms with Crippen molar-refractivity contribution in [1.82, 2.24) is 14.4 Å². The number of halogens is 1. The van der Waals surface area contributed by atoms with Gasteiger partial charge in [-0.3, -0.25) is 4.40 Å². The summed E-state index contributed by atoms with van der Waals surface area (Å²) in [6.07, 6.45) is 4.73. The third kappa shape index (κ3) is 4.95. The molecule has 0 saturated carbocycles. The van der Waals surface area contributed by atoms with Gasteiger partial charge in [0.2, 0.25) is 0 Å². The lowest BCUT2D eigenvalue weighted by atomic mass is 10.0. The fourth-order valence-electron chi connectivity index (χ4n) is 5.00. The number of hydrogen-bond acceptors (Lipinski definition) is 7. The summed E-state index contributed by atoms with van der Waals surface area (Å²) < 4.78 is 27.3. The number of anilines is 3. The average Bonchev–Trinajstić information content (AvgIpc) is 3.69. The number of fused-ring (bicyclic) bond motifs is 1. The van der Waals surface area contributed by atoms with E-state index in [2.05, 4.69) is 39.5 Å². The molecule has 0 bridgehead atoms. The number of benzene rings is 1. The fraction of sp³-hybridized carbons (Fsp3) is 0.429. The summed E-state index contributed by atoms with van der Waals surface area (Å²) in [5, 5.41) is 2.87. The van der Waals surface area contributed by atoms with Crippen LogP contribution in [0, 0.1) is 5.82 Å². The van der Waals surface area contributed by atoms with Crippen LogP contribution in [-0.4, -0.2) is 53.5 Å². The van der Waals surface area contributed by atoms with Gasteiger partial charge in [0.15, 0.2) is 10.9 Å². The molecule has 4 aromatic rings. The Hall–Kier alpha value is -3.01. The number of pyridine rings is 1. The van der Waals surface area contributed by atoms with Crippen molar-refractivity contribution in [3.05, 3.63) is 59.5 Å². The van der Waals surface area contributed by atoms with Gasteiger partial charge in [-0.05, 0) is 42.8 Å². The highest BCUT2D eigenvalue weighted by Gasteiger charge is 2.39. The summed E-state index contributed by atoms with van der Waals surface area (Å²) in [7, 11) is 2.03. The molecule has 196 valence electrons. The van der Waals surface area contributed by atoms with Gasteiger partial charge in [0.1, 0.15) is 17.3 Å². The van der Waals surface area contributed by atoms with E-state index in [1.807, 2.05) is 26.3 Å². The molecular formula is C28H34FN5O2S. The first-order chi connectivity index (χ1) is 18.0. The third-order valence-electron chi connectivity index (χ3n) is 6.92. The van der Waals surface area contributed by atoms with Crippen molar-refractivity contribution in [2.24, 2.45) is 0 Å². The second-order valence-corrected chi connectivity index (χ2v) is 9.86. The molecule has 5 heterocycles. The van der Waals surface area contributed by atoms with Crippen molar-refractivity contribution in [2.45, 2.75) is 45.8 Å². The second kappa shape index (κ2) is 10.8. The van der Waals surface area contributed by atoms with Crippen molar-refractivity contribution in [3.8, 4) is 11.3 Å². The smallest absolute Gasteiger partial charge is 0.191 e. The zero-order valence-electron chi connectivity index (χ0n) is 21.9. The summed E-state index contributed by atoms with van der Waals surface area (Å²) >= 11 is 1.57. The van der Waals surface area contributed by atoms with E-state index in [-0.39, 0.29) is 11.6 Å². The first-order valence-corrected chi connectivity index (χ1v) is 13.9. The maximum Gasteiger partial charge on any atom is 0.191 e. The third-order valence-corrected chi connectivity index (χ3v) is 7.84. The van der Waals surface area contributed by atoms with Gasteiger partial charge >= 0.3 is 0 Å². The molecule has 0 radical (unpaired) electrons. The van der Waals surface area contributed by atoms with Gasteiger partial charge < -0.3 is 19.3 Å². The Morgan fingerprint density at radius 3 is 2.41 bits per heavy atom. The van der Waals surface area contributed by atoms with E-state index in [9.17, 15) is 4.39 Å². The van der Waals surface area contributed by atoms with E-state index in [4.69, 9.17) is 19.4 Å². The molecule has 2 aliphatic heterocycles. The Morgan fingerprint density at radius 1 is 1.03 bits per heavy atom. The molecule has 9 heteroatoms. The Balaban J connectivity index is 0.00000137. The van der Waals surface area contributed by atoms with E-state index in [0.717, 1.165) is 71.6 Å². The number of piperidine rings is 1. The Morgan fingerprint density at radius 2 is 1.73 bits per heavy atom. The number of nitrogens with zero attached hydrogens (tertiary/aromatic N) is 5. The van der Waals surface area contributed by atoms with E-state index in [1.165, 1.54) is 12.1 Å². The average molecular weight is 524 g/mol. The highest BCUT2D eigenvalue weighted by Crippen LogP contribution is 2.36. The molecule has 0 amide bonds. The van der Waals surface area contributed by atoms with Gasteiger partial charge in [0.05, 0.1) is 30.3 Å². The molecular weight excluding hydrogens is 489 g/mol. The molecule has 0 N–H and O–H groups in total. The Kier molecular flexibility index (Phi) is 7.46. The van der Waals surface area contributed by atoms with E-state index < -0.39 is 0 Å². The number of hydrogen-bond donors (Lipinski definition) is 0. The number of ether oxygens (including phenoxy) is 2. The minimum absolute atomic E-state index is 0.248. The molecule has 2 saturated heterocycles. The van der Waals surface area contributed by atoms with Gasteiger partial charge in [0, 0.05) is 50.1 Å². The minimum Gasteiger partial charge on any atom is -0.370 e. The molecule has 0 unspecified atom stereocenters. The second-order valence-electron chi connectivity index (χ2n) is 9.03. The maximum atomic E-state index is 13.3. The number of imidazole rings is 1. The fourth-order valence-corrected chi connectivity index (χ4v) is 5.80. The monoisotopic (exact) mass is 523 g/mol. The molecule has 6 rings (SSSR count). The standard InChI is InChI=1S/C26H28FN5O2S.C2H6/c1-3-21-24(30(2)25-29-22(17-35-25)18-4-6-19(27)7-5-18)32-16-20(8-9-23(32)28-21)31-12-10-26(11-13-31)33-14-15-34-26;1-2/h4-9,16-17H,3,10-15H2,1-2H3;1-2H3. The van der Waals surface area contributed by atoms with Crippen LogP contribution in [0.5, 0.6) is 0 Å². The highest BCUT2D eigenvalue weighted by atomic mass is 32.1. The lowest BCUT2D eigenvalue weighted by Crippen LogP contribution is -2.45. The number of aryl methyl sites for hydroxylation is 1. The largest absolute Gasteiger partial charge is 0.370 e. The van der Waals surface area contributed by atoms with Crippen LogP contribution >= 0.6 is 11.3 Å². The van der Waals surface area contributed by atoms with Crippen molar-refractivity contribution in [2.75, 3.05) is 43.2 Å². The van der Waals surface area contributed by atoms with Crippen LogP contribution in [0.15, 0.2) is 48.0 Å². The first kappa shape index (κ1) is 25.6. The topological polar surface area (TPSA) is 55.1 Å². The Bertz CT molecular complexity index is 1340. The zero-order chi connectivity index (χ0) is 26.0. The molecule has 1 spiro atoms. The minimum atomic E-state index is -0.385.